The summed E-state index contributed by atoms with van der Waals surface area (Å²) in [5.41, 5.74) is 5.08. The number of carboxylic acid groups (broad SMARTS) is 1. The number of carboxylic acids is 1. The van der Waals surface area contributed by atoms with Crippen molar-refractivity contribution in [2.75, 3.05) is 24.7 Å². The lowest BCUT2D eigenvalue weighted by atomic mass is 10.1. The third-order valence-electron chi connectivity index (χ3n) is 5.53. The number of aromatic nitrogens is 2. The normalized spacial score (nSPS) is 13.4. The van der Waals surface area contributed by atoms with Crippen LogP contribution in [-0.2, 0) is 29.7 Å². The molecule has 0 saturated heterocycles. The number of anilines is 1. The Hall–Kier alpha value is -2.66. The van der Waals surface area contributed by atoms with Crippen LogP contribution in [0.1, 0.15) is 16.7 Å². The average Bonchev–Trinajstić information content (AvgIpc) is 3.25. The summed E-state index contributed by atoms with van der Waals surface area (Å²) in [7, 11) is 1.85. The molecular weight excluding hydrogens is 509 g/mol. The first-order valence-corrected chi connectivity index (χ1v) is 11.0. The van der Waals surface area contributed by atoms with E-state index in [0.29, 0.717) is 6.67 Å². The van der Waals surface area contributed by atoms with Crippen molar-refractivity contribution < 1.29 is 14.7 Å². The highest BCUT2D eigenvalue weighted by molar-refractivity contribution is 14.1. The molecule has 2 N–H and O–H groups in total. The van der Waals surface area contributed by atoms with E-state index in [-0.39, 0.29) is 19.0 Å². The van der Waals surface area contributed by atoms with E-state index < -0.39 is 5.97 Å². The highest BCUT2D eigenvalue weighted by Crippen LogP contribution is 2.29. The molecule has 0 aliphatic carbocycles. The molecule has 1 aromatic heterocycles. The molecule has 2 aromatic carbocycles. The smallest absolute Gasteiger partial charge is 0.323 e. The molecule has 1 amide bonds. The minimum absolute atomic E-state index is 0.0334. The van der Waals surface area contributed by atoms with Gasteiger partial charge in [0.15, 0.2) is 0 Å². The van der Waals surface area contributed by atoms with Crippen molar-refractivity contribution in [2.45, 2.75) is 20.0 Å². The molecule has 162 valence electrons. The molecule has 8 nitrogen and oxygen atoms in total. The van der Waals surface area contributed by atoms with Crippen molar-refractivity contribution in [1.82, 2.24) is 20.0 Å². The van der Waals surface area contributed by atoms with Gasteiger partial charge in [-0.1, -0.05) is 24.3 Å². The third-order valence-corrected chi connectivity index (χ3v) is 6.33. The number of aryl methyl sites for hydroxylation is 2. The van der Waals surface area contributed by atoms with E-state index >= 15 is 0 Å². The second-order valence-electron chi connectivity index (χ2n) is 7.83. The largest absolute Gasteiger partial charge is 0.480 e. The maximum atomic E-state index is 12.7. The Morgan fingerprint density at radius 1 is 1.19 bits per heavy atom. The van der Waals surface area contributed by atoms with Gasteiger partial charge in [-0.15, -0.1) is 0 Å². The summed E-state index contributed by atoms with van der Waals surface area (Å²) < 4.78 is 2.66. The average molecular weight is 533 g/mol. The van der Waals surface area contributed by atoms with Crippen molar-refractivity contribution in [1.29, 1.82) is 0 Å². The molecule has 31 heavy (non-hydrogen) atoms. The predicted octanol–water partition coefficient (Wildman–Crippen LogP) is 2.47. The van der Waals surface area contributed by atoms with Crippen LogP contribution in [0.25, 0.3) is 10.9 Å². The van der Waals surface area contributed by atoms with Crippen molar-refractivity contribution in [3.05, 3.63) is 56.8 Å². The minimum Gasteiger partial charge on any atom is -0.480 e. The Bertz CT molecular complexity index is 1130. The fourth-order valence-corrected chi connectivity index (χ4v) is 4.79. The molecule has 4 rings (SSSR count). The molecule has 0 radical (unpaired) electrons. The van der Waals surface area contributed by atoms with Gasteiger partial charge >= 0.3 is 5.97 Å². The van der Waals surface area contributed by atoms with Crippen molar-refractivity contribution >= 4 is 51.1 Å². The molecule has 9 heteroatoms. The molecule has 1 aliphatic heterocycles. The number of benzene rings is 2. The molecule has 0 saturated carbocycles. The monoisotopic (exact) mass is 533 g/mol. The van der Waals surface area contributed by atoms with Gasteiger partial charge in [0.2, 0.25) is 5.91 Å². The Labute approximate surface area is 194 Å². The SMILES string of the molecule is Cc1cc2c(I)nn(C)c2cc1N(CC(=O)O)CC(=O)NCN1Cc2ccccc2C1. The summed E-state index contributed by atoms with van der Waals surface area (Å²) in [5.74, 6) is -1.20. The Kier molecular flexibility index (Phi) is 6.15. The zero-order valence-electron chi connectivity index (χ0n) is 17.4. The van der Waals surface area contributed by atoms with E-state index in [1.807, 2.05) is 38.2 Å². The van der Waals surface area contributed by atoms with Gasteiger partial charge < -0.3 is 15.3 Å². The Morgan fingerprint density at radius 2 is 1.87 bits per heavy atom. The van der Waals surface area contributed by atoms with E-state index in [1.165, 1.54) is 11.1 Å². The van der Waals surface area contributed by atoms with Crippen LogP contribution in [0.3, 0.4) is 0 Å². The van der Waals surface area contributed by atoms with Crippen LogP contribution in [0.5, 0.6) is 0 Å². The Morgan fingerprint density at radius 3 is 2.52 bits per heavy atom. The van der Waals surface area contributed by atoms with Gasteiger partial charge in [0.05, 0.1) is 18.7 Å². The van der Waals surface area contributed by atoms with E-state index in [9.17, 15) is 14.7 Å². The number of fused-ring (bicyclic) bond motifs is 2. The van der Waals surface area contributed by atoms with Crippen LogP contribution < -0.4 is 10.2 Å². The topological polar surface area (TPSA) is 90.7 Å². The molecule has 3 aromatic rings. The number of amides is 1. The molecule has 0 bridgehead atoms. The number of carbonyl (C=O) groups excluding carboxylic acids is 1. The minimum atomic E-state index is -0.984. The predicted molar refractivity (Wildman–Crippen MR) is 127 cm³/mol. The van der Waals surface area contributed by atoms with E-state index in [0.717, 1.165) is 38.9 Å². The second kappa shape index (κ2) is 8.83. The molecular formula is C22H24IN5O3. The number of rotatable bonds is 7. The summed E-state index contributed by atoms with van der Waals surface area (Å²) in [6.07, 6.45) is 0. The van der Waals surface area contributed by atoms with Gasteiger partial charge in [0, 0.05) is 31.2 Å². The first-order valence-electron chi connectivity index (χ1n) is 9.97. The standard InChI is InChI=1S/C22H24IN5O3/c1-14-7-17-19(26(2)25-22(17)23)8-18(14)28(12-21(30)31)11-20(29)24-13-27-9-15-5-3-4-6-16(15)10-27/h3-8H,9-13H2,1-2H3,(H,24,29)(H,30,31). The molecule has 0 fully saturated rings. The number of nitrogens with one attached hydrogen (secondary N) is 1. The number of nitrogens with zero attached hydrogens (tertiary/aromatic N) is 4. The fraction of sp³-hybridized carbons (Fsp3) is 0.318. The van der Waals surface area contributed by atoms with Crippen molar-refractivity contribution in [3.8, 4) is 0 Å². The van der Waals surface area contributed by atoms with Crippen LogP contribution in [0.2, 0.25) is 0 Å². The molecule has 2 heterocycles. The number of hydrogen-bond donors (Lipinski definition) is 2. The summed E-state index contributed by atoms with van der Waals surface area (Å²) in [6, 6.07) is 12.1. The quantitative estimate of drug-likeness (QED) is 0.454. The molecule has 1 aliphatic rings. The summed E-state index contributed by atoms with van der Waals surface area (Å²) >= 11 is 2.19. The number of halogens is 1. The fourth-order valence-electron chi connectivity index (χ4n) is 4.03. The van der Waals surface area contributed by atoms with Crippen LogP contribution in [0, 0.1) is 10.6 Å². The van der Waals surface area contributed by atoms with Gasteiger partial charge in [-0.2, -0.15) is 5.10 Å². The van der Waals surface area contributed by atoms with E-state index in [2.05, 4.69) is 50.0 Å². The first-order chi connectivity index (χ1) is 14.8. The third kappa shape index (κ3) is 4.67. The second-order valence-corrected chi connectivity index (χ2v) is 8.86. The highest BCUT2D eigenvalue weighted by Gasteiger charge is 2.21. The van der Waals surface area contributed by atoms with Gasteiger partial charge in [-0.25, -0.2) is 0 Å². The number of carbonyl (C=O) groups is 2. The van der Waals surface area contributed by atoms with Crippen LogP contribution in [0.4, 0.5) is 5.69 Å². The Balaban J connectivity index is 1.47. The number of hydrogen-bond acceptors (Lipinski definition) is 5. The van der Waals surface area contributed by atoms with Gasteiger partial charge in [-0.05, 0) is 58.3 Å². The van der Waals surface area contributed by atoms with Crippen molar-refractivity contribution in [2.24, 2.45) is 7.05 Å². The molecule has 0 unspecified atom stereocenters. The zero-order chi connectivity index (χ0) is 22.1. The van der Waals surface area contributed by atoms with E-state index in [1.54, 1.807) is 9.58 Å². The maximum Gasteiger partial charge on any atom is 0.323 e. The van der Waals surface area contributed by atoms with Crippen LogP contribution >= 0.6 is 22.6 Å². The summed E-state index contributed by atoms with van der Waals surface area (Å²) in [6.45, 7) is 3.64. The summed E-state index contributed by atoms with van der Waals surface area (Å²) in [5, 5.41) is 17.8. The number of aliphatic carboxylic acids is 1. The van der Waals surface area contributed by atoms with Gasteiger partial charge in [0.25, 0.3) is 0 Å². The molecule has 0 atom stereocenters. The lowest BCUT2D eigenvalue weighted by Gasteiger charge is -2.25. The highest BCUT2D eigenvalue weighted by atomic mass is 127. The lowest BCUT2D eigenvalue weighted by molar-refractivity contribution is -0.135. The van der Waals surface area contributed by atoms with Gasteiger partial charge in [-0.3, -0.25) is 19.2 Å². The van der Waals surface area contributed by atoms with Crippen LogP contribution in [-0.4, -0.2) is 51.4 Å². The lowest BCUT2D eigenvalue weighted by Crippen LogP contribution is -2.43. The maximum absolute atomic E-state index is 12.7. The zero-order valence-corrected chi connectivity index (χ0v) is 19.6. The summed E-state index contributed by atoms with van der Waals surface area (Å²) in [4.78, 5) is 27.9. The van der Waals surface area contributed by atoms with E-state index in [4.69, 9.17) is 0 Å². The first kappa shape index (κ1) is 21.6. The van der Waals surface area contributed by atoms with Crippen LogP contribution in [0.15, 0.2) is 36.4 Å². The van der Waals surface area contributed by atoms with Crippen molar-refractivity contribution in [3.63, 3.8) is 0 Å². The molecule has 0 spiro atoms. The van der Waals surface area contributed by atoms with Gasteiger partial charge in [0.1, 0.15) is 10.2 Å².